The molecule has 0 bridgehead atoms. The molecule has 1 aliphatic carbocycles. The van der Waals surface area contributed by atoms with Gasteiger partial charge in [-0.3, -0.25) is 0 Å². The van der Waals surface area contributed by atoms with Crippen molar-refractivity contribution in [3.63, 3.8) is 0 Å². The second kappa shape index (κ2) is 4.42. The van der Waals surface area contributed by atoms with Gasteiger partial charge < -0.3 is 5.73 Å². The minimum atomic E-state index is 0.401. The average Bonchev–Trinajstić information content (AvgIpc) is 2.63. The van der Waals surface area contributed by atoms with Crippen LogP contribution in [0, 0.1) is 6.92 Å². The highest BCUT2D eigenvalue weighted by molar-refractivity contribution is 6.30. The summed E-state index contributed by atoms with van der Waals surface area (Å²) in [4.78, 5) is 0. The predicted octanol–water partition coefficient (Wildman–Crippen LogP) is 4.11. The molecule has 0 spiro atoms. The zero-order chi connectivity index (χ0) is 12.7. The lowest BCUT2D eigenvalue weighted by Crippen LogP contribution is -2.06. The highest BCUT2D eigenvalue weighted by Crippen LogP contribution is 2.47. The van der Waals surface area contributed by atoms with Gasteiger partial charge in [0.05, 0.1) is 0 Å². The molecule has 0 amide bonds. The van der Waals surface area contributed by atoms with Crippen LogP contribution >= 0.6 is 11.6 Å². The van der Waals surface area contributed by atoms with Crippen molar-refractivity contribution >= 4 is 11.6 Å². The Labute approximate surface area is 113 Å². The summed E-state index contributed by atoms with van der Waals surface area (Å²) in [7, 11) is 0. The van der Waals surface area contributed by atoms with E-state index in [-0.39, 0.29) is 0 Å². The van der Waals surface area contributed by atoms with Gasteiger partial charge in [-0.05, 0) is 54.3 Å². The Morgan fingerprint density at radius 1 is 1.06 bits per heavy atom. The van der Waals surface area contributed by atoms with Crippen molar-refractivity contribution in [3.05, 3.63) is 58.1 Å². The molecular weight excluding hydrogens is 242 g/mol. The largest absolute Gasteiger partial charge is 0.330 e. The maximum atomic E-state index is 6.13. The number of hydrogen-bond donors (Lipinski definition) is 1. The zero-order valence-corrected chi connectivity index (χ0v) is 11.2. The van der Waals surface area contributed by atoms with Crippen LogP contribution in [0.1, 0.15) is 29.0 Å². The molecule has 92 valence electrons. The van der Waals surface area contributed by atoms with Gasteiger partial charge in [-0.1, -0.05) is 41.4 Å². The van der Waals surface area contributed by atoms with Crippen molar-refractivity contribution in [2.24, 2.45) is 5.73 Å². The lowest BCUT2D eigenvalue weighted by atomic mass is 9.93. The summed E-state index contributed by atoms with van der Waals surface area (Å²) in [5.74, 6) is 0.401. The van der Waals surface area contributed by atoms with E-state index in [4.69, 9.17) is 17.3 Å². The van der Waals surface area contributed by atoms with E-state index in [1.165, 1.54) is 27.8 Å². The molecule has 0 radical (unpaired) electrons. The van der Waals surface area contributed by atoms with Crippen molar-refractivity contribution in [1.29, 1.82) is 0 Å². The summed E-state index contributed by atoms with van der Waals surface area (Å²) in [5.41, 5.74) is 12.4. The molecule has 3 rings (SSSR count). The maximum Gasteiger partial charge on any atom is 0.0409 e. The highest BCUT2D eigenvalue weighted by Gasteiger charge is 2.28. The molecule has 18 heavy (non-hydrogen) atoms. The second-order valence-corrected chi connectivity index (χ2v) is 5.39. The van der Waals surface area contributed by atoms with E-state index in [9.17, 15) is 0 Å². The fourth-order valence-corrected chi connectivity index (χ4v) is 3.11. The fourth-order valence-electron chi connectivity index (χ4n) is 2.93. The monoisotopic (exact) mass is 257 g/mol. The van der Waals surface area contributed by atoms with E-state index in [1.54, 1.807) is 0 Å². The van der Waals surface area contributed by atoms with Gasteiger partial charge in [-0.2, -0.15) is 0 Å². The molecular formula is C16H16ClN. The zero-order valence-electron chi connectivity index (χ0n) is 10.4. The number of halogens is 1. The van der Waals surface area contributed by atoms with Gasteiger partial charge >= 0.3 is 0 Å². The number of rotatable bonds is 2. The quantitative estimate of drug-likeness (QED) is 0.861. The van der Waals surface area contributed by atoms with E-state index in [0.29, 0.717) is 12.5 Å². The lowest BCUT2D eigenvalue weighted by Gasteiger charge is -2.12. The van der Waals surface area contributed by atoms with E-state index in [1.807, 2.05) is 6.07 Å². The Morgan fingerprint density at radius 3 is 2.44 bits per heavy atom. The third-order valence-corrected chi connectivity index (χ3v) is 3.95. The fraction of sp³-hybridized carbons (Fsp3) is 0.250. The van der Waals surface area contributed by atoms with Crippen LogP contribution < -0.4 is 5.73 Å². The van der Waals surface area contributed by atoms with Crippen molar-refractivity contribution in [2.45, 2.75) is 19.3 Å². The molecule has 2 heteroatoms. The molecule has 0 aromatic heterocycles. The lowest BCUT2D eigenvalue weighted by molar-refractivity contribution is 0.740. The van der Waals surface area contributed by atoms with Crippen LogP contribution in [0.25, 0.3) is 11.1 Å². The van der Waals surface area contributed by atoms with E-state index in [2.05, 4.69) is 37.3 Å². The third kappa shape index (κ3) is 1.75. The molecule has 0 fully saturated rings. The van der Waals surface area contributed by atoms with Crippen LogP contribution in [0.4, 0.5) is 0 Å². The van der Waals surface area contributed by atoms with E-state index in [0.717, 1.165) is 11.4 Å². The van der Waals surface area contributed by atoms with E-state index < -0.39 is 0 Å². The predicted molar refractivity (Wildman–Crippen MR) is 77.1 cm³/mol. The number of aryl methyl sites for hydroxylation is 1. The SMILES string of the molecule is Cc1ccc2c(c1)C(CCN)c1cc(Cl)ccc1-2. The average molecular weight is 258 g/mol. The molecule has 1 nitrogen and oxygen atoms in total. The summed E-state index contributed by atoms with van der Waals surface area (Å²) in [5, 5.41) is 0.806. The van der Waals surface area contributed by atoms with Crippen molar-refractivity contribution in [3.8, 4) is 11.1 Å². The van der Waals surface area contributed by atoms with Crippen LogP contribution in [0.3, 0.4) is 0 Å². The molecule has 0 heterocycles. The Bertz CT molecular complexity index is 553. The first kappa shape index (κ1) is 11.8. The molecule has 0 aliphatic heterocycles. The van der Waals surface area contributed by atoms with Crippen LogP contribution in [0.2, 0.25) is 5.02 Å². The minimum absolute atomic E-state index is 0.401. The summed E-state index contributed by atoms with van der Waals surface area (Å²) in [6.45, 7) is 2.83. The van der Waals surface area contributed by atoms with Crippen molar-refractivity contribution in [1.82, 2.24) is 0 Å². The van der Waals surface area contributed by atoms with Crippen LogP contribution in [-0.2, 0) is 0 Å². The van der Waals surface area contributed by atoms with E-state index >= 15 is 0 Å². The molecule has 2 N–H and O–H groups in total. The summed E-state index contributed by atoms with van der Waals surface area (Å²) in [6.07, 6.45) is 0.976. The Kier molecular flexibility index (Phi) is 2.89. The molecule has 2 aromatic rings. The van der Waals surface area contributed by atoms with Gasteiger partial charge in [0.25, 0.3) is 0 Å². The normalized spacial score (nSPS) is 16.5. The first-order valence-corrected chi connectivity index (χ1v) is 6.69. The third-order valence-electron chi connectivity index (χ3n) is 3.72. The maximum absolute atomic E-state index is 6.13. The topological polar surface area (TPSA) is 26.0 Å². The summed E-state index contributed by atoms with van der Waals surface area (Å²) in [6, 6.07) is 12.9. The first-order valence-electron chi connectivity index (χ1n) is 6.31. The summed E-state index contributed by atoms with van der Waals surface area (Å²) >= 11 is 6.13. The number of nitrogens with two attached hydrogens (primary N) is 1. The molecule has 1 atom stereocenters. The van der Waals surface area contributed by atoms with Gasteiger partial charge in [-0.15, -0.1) is 0 Å². The highest BCUT2D eigenvalue weighted by atomic mass is 35.5. The van der Waals surface area contributed by atoms with Gasteiger partial charge in [0, 0.05) is 10.9 Å². The molecule has 1 aliphatic rings. The Balaban J connectivity index is 2.22. The summed E-state index contributed by atoms with van der Waals surface area (Å²) < 4.78 is 0. The van der Waals surface area contributed by atoms with Gasteiger partial charge in [0.15, 0.2) is 0 Å². The molecule has 0 saturated heterocycles. The smallest absolute Gasteiger partial charge is 0.0409 e. The number of hydrogen-bond acceptors (Lipinski definition) is 1. The van der Waals surface area contributed by atoms with Crippen LogP contribution in [0.15, 0.2) is 36.4 Å². The molecule has 2 aromatic carbocycles. The van der Waals surface area contributed by atoms with Gasteiger partial charge in [0.1, 0.15) is 0 Å². The Hall–Kier alpha value is -1.31. The molecule has 1 unspecified atom stereocenters. The van der Waals surface area contributed by atoms with Crippen molar-refractivity contribution < 1.29 is 0 Å². The van der Waals surface area contributed by atoms with Gasteiger partial charge in [-0.25, -0.2) is 0 Å². The second-order valence-electron chi connectivity index (χ2n) is 4.95. The van der Waals surface area contributed by atoms with Gasteiger partial charge in [0.2, 0.25) is 0 Å². The Morgan fingerprint density at radius 2 is 1.72 bits per heavy atom. The minimum Gasteiger partial charge on any atom is -0.330 e. The van der Waals surface area contributed by atoms with Crippen LogP contribution in [-0.4, -0.2) is 6.54 Å². The first-order chi connectivity index (χ1) is 8.70. The number of benzene rings is 2. The standard InChI is InChI=1S/C16H16ClN/c1-10-2-4-12-13-5-3-11(17)9-16(13)14(6-7-18)15(12)8-10/h2-5,8-9,14H,6-7,18H2,1H3. The van der Waals surface area contributed by atoms with Crippen molar-refractivity contribution in [2.75, 3.05) is 6.54 Å². The molecule has 0 saturated carbocycles. The number of fused-ring (bicyclic) bond motifs is 3. The van der Waals surface area contributed by atoms with Crippen LogP contribution in [0.5, 0.6) is 0 Å².